The van der Waals surface area contributed by atoms with Crippen LogP contribution >= 0.6 is 0 Å². The molecule has 21 heavy (non-hydrogen) atoms. The van der Waals surface area contributed by atoms with Gasteiger partial charge in [0, 0.05) is 20.2 Å². The Hall–Kier alpha value is -0.210. The Morgan fingerprint density at radius 3 is 2.71 bits per heavy atom. The summed E-state index contributed by atoms with van der Waals surface area (Å²) in [6.45, 7) is 9.21. The van der Waals surface area contributed by atoms with Gasteiger partial charge in [0.05, 0.1) is 12.1 Å². The topological polar surface area (TPSA) is 70.7 Å². The number of hydrogen-bond donors (Lipinski definition) is 2. The van der Waals surface area contributed by atoms with Crippen LogP contribution in [0.4, 0.5) is 0 Å². The second-order valence-corrected chi connectivity index (χ2v) is 8.17. The van der Waals surface area contributed by atoms with Gasteiger partial charge >= 0.3 is 0 Å². The zero-order valence-corrected chi connectivity index (χ0v) is 14.6. The molecule has 1 aliphatic heterocycles. The lowest BCUT2D eigenvalue weighted by Crippen LogP contribution is -2.55. The van der Waals surface area contributed by atoms with E-state index >= 15 is 0 Å². The van der Waals surface area contributed by atoms with Gasteiger partial charge in [-0.15, -0.1) is 0 Å². The smallest absolute Gasteiger partial charge is 0.280 e. The van der Waals surface area contributed by atoms with Gasteiger partial charge in [0.1, 0.15) is 0 Å². The number of hydrogen-bond acceptors (Lipinski definition) is 4. The normalized spacial score (nSPS) is 21.6. The first-order valence-corrected chi connectivity index (χ1v) is 9.23. The Kier molecular flexibility index (Phi) is 7.56. The van der Waals surface area contributed by atoms with Crippen molar-refractivity contribution in [2.75, 3.05) is 39.9 Å². The highest BCUT2D eigenvalue weighted by atomic mass is 32.2. The number of piperidine rings is 1. The molecule has 0 radical (unpaired) electrons. The van der Waals surface area contributed by atoms with Gasteiger partial charge in [-0.2, -0.15) is 17.4 Å². The lowest BCUT2D eigenvalue weighted by Gasteiger charge is -2.35. The molecule has 2 N–H and O–H groups in total. The predicted molar refractivity (Wildman–Crippen MR) is 85.5 cm³/mol. The van der Waals surface area contributed by atoms with Crippen molar-refractivity contribution in [1.82, 2.24) is 14.3 Å². The monoisotopic (exact) mass is 321 g/mol. The van der Waals surface area contributed by atoms with Crippen LogP contribution in [0.2, 0.25) is 0 Å². The molecule has 6 nitrogen and oxygen atoms in total. The van der Waals surface area contributed by atoms with Crippen molar-refractivity contribution in [1.29, 1.82) is 0 Å². The van der Waals surface area contributed by atoms with Gasteiger partial charge in [0.2, 0.25) is 0 Å². The van der Waals surface area contributed by atoms with Gasteiger partial charge in [-0.05, 0) is 52.1 Å². The number of rotatable bonds is 9. The van der Waals surface area contributed by atoms with Crippen molar-refractivity contribution in [2.24, 2.45) is 5.92 Å². The second kappa shape index (κ2) is 8.43. The Morgan fingerprint density at radius 2 is 2.10 bits per heavy atom. The Bertz CT molecular complexity index is 398. The molecular formula is C14H31N3O3S. The Morgan fingerprint density at radius 1 is 1.38 bits per heavy atom. The van der Waals surface area contributed by atoms with Gasteiger partial charge in [-0.1, -0.05) is 6.92 Å². The minimum atomic E-state index is -3.45. The average molecular weight is 321 g/mol. The minimum Gasteiger partial charge on any atom is -0.383 e. The van der Waals surface area contributed by atoms with Gasteiger partial charge in [0.25, 0.3) is 10.2 Å². The van der Waals surface area contributed by atoms with Gasteiger partial charge in [-0.3, -0.25) is 0 Å². The first-order chi connectivity index (χ1) is 9.80. The highest BCUT2D eigenvalue weighted by Crippen LogP contribution is 2.19. The van der Waals surface area contributed by atoms with Crippen LogP contribution in [0, 0.1) is 5.92 Å². The lowest BCUT2D eigenvalue weighted by atomic mass is 10.00. The third kappa shape index (κ3) is 6.61. The van der Waals surface area contributed by atoms with E-state index in [2.05, 4.69) is 17.0 Å². The summed E-state index contributed by atoms with van der Waals surface area (Å²) < 4.78 is 34.4. The van der Waals surface area contributed by atoms with E-state index in [1.165, 1.54) is 0 Å². The van der Waals surface area contributed by atoms with Gasteiger partial charge < -0.3 is 10.1 Å². The van der Waals surface area contributed by atoms with E-state index in [0.29, 0.717) is 25.6 Å². The molecule has 1 unspecified atom stereocenters. The van der Waals surface area contributed by atoms with Crippen LogP contribution in [0.15, 0.2) is 0 Å². The summed E-state index contributed by atoms with van der Waals surface area (Å²) in [7, 11) is -1.88. The molecule has 0 aromatic heterocycles. The second-order valence-electron chi connectivity index (χ2n) is 6.49. The van der Waals surface area contributed by atoms with E-state index in [-0.39, 0.29) is 0 Å². The molecule has 0 saturated carbocycles. The summed E-state index contributed by atoms with van der Waals surface area (Å²) in [5.74, 6) is 0.396. The highest BCUT2D eigenvalue weighted by Gasteiger charge is 2.33. The van der Waals surface area contributed by atoms with Crippen LogP contribution < -0.4 is 10.0 Å². The molecule has 1 rings (SSSR count). The van der Waals surface area contributed by atoms with Crippen LogP contribution in [0.3, 0.4) is 0 Å². The first-order valence-electron chi connectivity index (χ1n) is 7.79. The van der Waals surface area contributed by atoms with Crippen molar-refractivity contribution in [3.8, 4) is 0 Å². The number of nitrogens with zero attached hydrogens (tertiary/aromatic N) is 1. The minimum absolute atomic E-state index is 0.349. The molecule has 1 heterocycles. The molecule has 0 amide bonds. The summed E-state index contributed by atoms with van der Waals surface area (Å²) in [6.07, 6.45) is 3.11. The van der Waals surface area contributed by atoms with E-state index in [9.17, 15) is 8.42 Å². The number of ether oxygens (including phenoxy) is 1. The molecule has 0 aromatic carbocycles. The van der Waals surface area contributed by atoms with Gasteiger partial charge in [-0.25, -0.2) is 0 Å². The molecule has 126 valence electrons. The van der Waals surface area contributed by atoms with Crippen LogP contribution in [-0.2, 0) is 14.9 Å². The standard InChI is InChI=1S/C14H31N3O3S/c1-5-8-15-10-13-7-6-9-17(11-13)21(18,19)16-14(2,3)12-20-4/h13,15-16H,5-12H2,1-4H3. The molecular weight excluding hydrogens is 290 g/mol. The van der Waals surface area contributed by atoms with Crippen LogP contribution in [0.25, 0.3) is 0 Å². The molecule has 1 fully saturated rings. The fourth-order valence-corrected chi connectivity index (χ4v) is 4.36. The first kappa shape index (κ1) is 18.8. The summed E-state index contributed by atoms with van der Waals surface area (Å²) in [4.78, 5) is 0. The van der Waals surface area contributed by atoms with Crippen molar-refractivity contribution in [2.45, 2.75) is 45.6 Å². The van der Waals surface area contributed by atoms with E-state index in [1.54, 1.807) is 11.4 Å². The maximum Gasteiger partial charge on any atom is 0.280 e. The molecule has 0 spiro atoms. The SMILES string of the molecule is CCCNCC1CCCN(S(=O)(=O)NC(C)(C)COC)C1. The molecule has 7 heteroatoms. The van der Waals surface area contributed by atoms with Crippen LogP contribution in [-0.4, -0.2) is 58.2 Å². The highest BCUT2D eigenvalue weighted by molar-refractivity contribution is 7.87. The summed E-state index contributed by atoms with van der Waals surface area (Å²) in [5, 5.41) is 3.38. The molecule has 1 atom stereocenters. The Labute approximate surface area is 129 Å². The third-order valence-electron chi connectivity index (χ3n) is 3.59. The van der Waals surface area contributed by atoms with Gasteiger partial charge in [0.15, 0.2) is 0 Å². The van der Waals surface area contributed by atoms with E-state index in [0.717, 1.165) is 32.4 Å². The fraction of sp³-hybridized carbons (Fsp3) is 1.00. The van der Waals surface area contributed by atoms with E-state index < -0.39 is 15.7 Å². The largest absolute Gasteiger partial charge is 0.383 e. The van der Waals surface area contributed by atoms with Crippen molar-refractivity contribution in [3.05, 3.63) is 0 Å². The van der Waals surface area contributed by atoms with Crippen molar-refractivity contribution in [3.63, 3.8) is 0 Å². The van der Waals surface area contributed by atoms with Crippen molar-refractivity contribution < 1.29 is 13.2 Å². The third-order valence-corrected chi connectivity index (χ3v) is 5.41. The van der Waals surface area contributed by atoms with Crippen molar-refractivity contribution >= 4 is 10.2 Å². The lowest BCUT2D eigenvalue weighted by molar-refractivity contribution is 0.139. The Balaban J connectivity index is 2.57. The zero-order valence-electron chi connectivity index (χ0n) is 13.8. The van der Waals surface area contributed by atoms with Crippen LogP contribution in [0.5, 0.6) is 0 Å². The summed E-state index contributed by atoms with van der Waals surface area (Å²) >= 11 is 0. The molecule has 0 aliphatic carbocycles. The molecule has 1 saturated heterocycles. The number of methoxy groups -OCH3 is 1. The quantitative estimate of drug-likeness (QED) is 0.621. The fourth-order valence-electron chi connectivity index (χ4n) is 2.70. The number of nitrogens with one attached hydrogen (secondary N) is 2. The molecule has 1 aliphatic rings. The van der Waals surface area contributed by atoms with Crippen LogP contribution in [0.1, 0.15) is 40.0 Å². The zero-order chi connectivity index (χ0) is 15.9. The van der Waals surface area contributed by atoms with E-state index in [4.69, 9.17) is 4.74 Å². The maximum atomic E-state index is 12.5. The molecule has 0 aromatic rings. The molecule has 0 bridgehead atoms. The average Bonchev–Trinajstić information content (AvgIpc) is 2.38. The predicted octanol–water partition coefficient (Wildman–Crippen LogP) is 0.957. The van der Waals surface area contributed by atoms with E-state index in [1.807, 2.05) is 13.8 Å². The summed E-state index contributed by atoms with van der Waals surface area (Å²) in [6, 6.07) is 0. The maximum absolute atomic E-state index is 12.5. The summed E-state index contributed by atoms with van der Waals surface area (Å²) in [5.41, 5.74) is -0.596.